The summed E-state index contributed by atoms with van der Waals surface area (Å²) in [5, 5.41) is 17.4. The number of non-ortho nitro benzene ring substituents is 1. The molecular formula is C20H17N3O3S2. The van der Waals surface area contributed by atoms with Crippen molar-refractivity contribution in [3.05, 3.63) is 82.9 Å². The number of nitro groups is 1. The van der Waals surface area contributed by atoms with Gasteiger partial charge in [0.1, 0.15) is 5.75 Å². The molecule has 0 aliphatic carbocycles. The van der Waals surface area contributed by atoms with Crippen LogP contribution in [-0.4, -0.2) is 17.1 Å². The van der Waals surface area contributed by atoms with Gasteiger partial charge in [-0.2, -0.15) is 0 Å². The van der Waals surface area contributed by atoms with Gasteiger partial charge in [-0.15, -0.1) is 0 Å². The van der Waals surface area contributed by atoms with Crippen molar-refractivity contribution in [3.63, 3.8) is 0 Å². The average Bonchev–Trinajstić information content (AvgIpc) is 2.70. The van der Waals surface area contributed by atoms with Gasteiger partial charge in [-0.25, -0.2) is 0 Å². The van der Waals surface area contributed by atoms with E-state index < -0.39 is 4.92 Å². The maximum atomic E-state index is 10.7. The highest BCUT2D eigenvalue weighted by Crippen LogP contribution is 2.29. The fraction of sp³-hybridized carbons (Fsp3) is 0.0500. The van der Waals surface area contributed by atoms with E-state index >= 15 is 0 Å². The lowest BCUT2D eigenvalue weighted by atomic mass is 10.3. The van der Waals surface area contributed by atoms with E-state index in [2.05, 4.69) is 10.6 Å². The molecule has 0 unspecified atom stereocenters. The van der Waals surface area contributed by atoms with E-state index in [4.69, 9.17) is 17.0 Å². The van der Waals surface area contributed by atoms with Gasteiger partial charge in [-0.1, -0.05) is 11.8 Å². The first-order valence-corrected chi connectivity index (χ1v) is 9.50. The molecule has 3 aromatic carbocycles. The predicted octanol–water partition coefficient (Wildman–Crippen LogP) is 5.56. The third-order valence-corrected chi connectivity index (χ3v) is 4.96. The molecule has 8 heteroatoms. The van der Waals surface area contributed by atoms with Gasteiger partial charge in [-0.05, 0) is 72.9 Å². The van der Waals surface area contributed by atoms with Gasteiger partial charge in [0.2, 0.25) is 0 Å². The molecule has 0 aliphatic heterocycles. The quantitative estimate of drug-likeness (QED) is 0.312. The number of nitrogens with one attached hydrogen (secondary N) is 2. The summed E-state index contributed by atoms with van der Waals surface area (Å²) in [6, 6.07) is 21.7. The number of benzene rings is 3. The minimum atomic E-state index is -0.405. The highest BCUT2D eigenvalue weighted by molar-refractivity contribution is 7.99. The topological polar surface area (TPSA) is 76.4 Å². The zero-order valence-corrected chi connectivity index (χ0v) is 16.5. The summed E-state index contributed by atoms with van der Waals surface area (Å²) in [5.74, 6) is 0.783. The van der Waals surface area contributed by atoms with Crippen LogP contribution in [-0.2, 0) is 0 Å². The van der Waals surface area contributed by atoms with E-state index in [9.17, 15) is 10.1 Å². The first kappa shape index (κ1) is 19.7. The van der Waals surface area contributed by atoms with E-state index in [1.165, 1.54) is 23.9 Å². The summed E-state index contributed by atoms with van der Waals surface area (Å²) in [5.41, 5.74) is 1.81. The summed E-state index contributed by atoms with van der Waals surface area (Å²) in [6.45, 7) is 0. The van der Waals surface area contributed by atoms with Gasteiger partial charge in [0.15, 0.2) is 5.11 Å². The van der Waals surface area contributed by atoms with Crippen molar-refractivity contribution in [2.45, 2.75) is 9.79 Å². The Kier molecular flexibility index (Phi) is 6.46. The summed E-state index contributed by atoms with van der Waals surface area (Å²) in [6.07, 6.45) is 0. The van der Waals surface area contributed by atoms with Crippen LogP contribution in [0.3, 0.4) is 0 Å². The van der Waals surface area contributed by atoms with Crippen LogP contribution >= 0.6 is 24.0 Å². The number of nitro benzene ring substituents is 1. The van der Waals surface area contributed by atoms with E-state index in [-0.39, 0.29) is 5.69 Å². The minimum absolute atomic E-state index is 0.0850. The molecule has 0 saturated heterocycles. The standard InChI is InChI=1S/C20H17N3O3S2/c1-26-17-8-2-14(3-9-17)21-20(27)22-15-4-10-18(11-5-15)28-19-12-6-16(7-13-19)23(24)25/h2-13H,1H3,(H2,21,22,27). The van der Waals surface area contributed by atoms with Crippen LogP contribution in [0.1, 0.15) is 0 Å². The van der Waals surface area contributed by atoms with Crippen LogP contribution in [0.25, 0.3) is 0 Å². The van der Waals surface area contributed by atoms with Crippen molar-refractivity contribution in [2.75, 3.05) is 17.7 Å². The number of anilines is 2. The fourth-order valence-corrected chi connectivity index (χ4v) is 3.40. The highest BCUT2D eigenvalue weighted by atomic mass is 32.2. The molecule has 6 nitrogen and oxygen atoms in total. The predicted molar refractivity (Wildman–Crippen MR) is 116 cm³/mol. The largest absolute Gasteiger partial charge is 0.497 e. The molecule has 142 valence electrons. The Morgan fingerprint density at radius 3 is 1.82 bits per heavy atom. The van der Waals surface area contributed by atoms with Crippen molar-refractivity contribution in [3.8, 4) is 5.75 Å². The number of hydrogen-bond acceptors (Lipinski definition) is 5. The van der Waals surface area contributed by atoms with Crippen molar-refractivity contribution >= 4 is 46.2 Å². The van der Waals surface area contributed by atoms with Crippen molar-refractivity contribution < 1.29 is 9.66 Å². The first-order chi connectivity index (χ1) is 13.5. The highest BCUT2D eigenvalue weighted by Gasteiger charge is 2.05. The molecule has 3 rings (SSSR count). The van der Waals surface area contributed by atoms with Crippen LogP contribution in [0.4, 0.5) is 17.1 Å². The molecular weight excluding hydrogens is 394 g/mol. The number of rotatable bonds is 6. The van der Waals surface area contributed by atoms with Crippen LogP contribution in [0.15, 0.2) is 82.6 Å². The van der Waals surface area contributed by atoms with E-state index in [1.807, 2.05) is 48.5 Å². The minimum Gasteiger partial charge on any atom is -0.497 e. The molecule has 0 heterocycles. The van der Waals surface area contributed by atoms with Crippen LogP contribution in [0.5, 0.6) is 5.75 Å². The first-order valence-electron chi connectivity index (χ1n) is 8.28. The maximum Gasteiger partial charge on any atom is 0.269 e. The second-order valence-corrected chi connectivity index (χ2v) is 7.24. The zero-order chi connectivity index (χ0) is 19.9. The lowest BCUT2D eigenvalue weighted by Crippen LogP contribution is -2.18. The molecule has 0 spiro atoms. The van der Waals surface area contributed by atoms with Gasteiger partial charge in [0, 0.05) is 33.3 Å². The second-order valence-electron chi connectivity index (χ2n) is 5.69. The molecule has 0 radical (unpaired) electrons. The molecule has 2 N–H and O–H groups in total. The Labute approximate surface area is 172 Å². The Balaban J connectivity index is 1.55. The Bertz CT molecular complexity index is 959. The molecule has 0 bridgehead atoms. The van der Waals surface area contributed by atoms with Crippen molar-refractivity contribution in [2.24, 2.45) is 0 Å². The van der Waals surface area contributed by atoms with Gasteiger partial charge in [0.25, 0.3) is 5.69 Å². The number of methoxy groups -OCH3 is 1. The fourth-order valence-electron chi connectivity index (χ4n) is 2.35. The number of nitrogens with zero attached hydrogens (tertiary/aromatic N) is 1. The zero-order valence-electron chi connectivity index (χ0n) is 14.9. The summed E-state index contributed by atoms with van der Waals surface area (Å²) < 4.78 is 5.13. The summed E-state index contributed by atoms with van der Waals surface area (Å²) >= 11 is 6.87. The van der Waals surface area contributed by atoms with Gasteiger partial charge < -0.3 is 15.4 Å². The van der Waals surface area contributed by atoms with E-state index in [0.717, 1.165) is 26.9 Å². The number of hydrogen-bond donors (Lipinski definition) is 2. The molecule has 0 aliphatic rings. The van der Waals surface area contributed by atoms with Crippen molar-refractivity contribution in [1.82, 2.24) is 0 Å². The average molecular weight is 412 g/mol. The molecule has 0 aromatic heterocycles. The van der Waals surface area contributed by atoms with Gasteiger partial charge >= 0.3 is 0 Å². The molecule has 28 heavy (non-hydrogen) atoms. The molecule has 0 amide bonds. The van der Waals surface area contributed by atoms with Crippen LogP contribution < -0.4 is 15.4 Å². The molecule has 3 aromatic rings. The summed E-state index contributed by atoms with van der Waals surface area (Å²) in [4.78, 5) is 12.3. The lowest BCUT2D eigenvalue weighted by Gasteiger charge is -2.11. The summed E-state index contributed by atoms with van der Waals surface area (Å²) in [7, 11) is 1.62. The number of thiocarbonyl (C=S) groups is 1. The Morgan fingerprint density at radius 2 is 1.36 bits per heavy atom. The monoisotopic (exact) mass is 411 g/mol. The SMILES string of the molecule is COc1ccc(NC(=S)Nc2ccc(Sc3ccc([N+](=O)[O-])cc3)cc2)cc1. The van der Waals surface area contributed by atoms with Crippen molar-refractivity contribution in [1.29, 1.82) is 0 Å². The van der Waals surface area contributed by atoms with Gasteiger partial charge in [0.05, 0.1) is 12.0 Å². The third-order valence-electron chi connectivity index (χ3n) is 3.74. The van der Waals surface area contributed by atoms with Gasteiger partial charge in [-0.3, -0.25) is 10.1 Å². The van der Waals surface area contributed by atoms with Crippen LogP contribution in [0.2, 0.25) is 0 Å². The smallest absolute Gasteiger partial charge is 0.269 e. The normalized spacial score (nSPS) is 10.2. The maximum absolute atomic E-state index is 10.7. The van der Waals surface area contributed by atoms with E-state index in [1.54, 1.807) is 19.2 Å². The number of ether oxygens (including phenoxy) is 1. The molecule has 0 fully saturated rings. The molecule has 0 atom stereocenters. The Morgan fingerprint density at radius 1 is 0.893 bits per heavy atom. The van der Waals surface area contributed by atoms with E-state index in [0.29, 0.717) is 5.11 Å². The van der Waals surface area contributed by atoms with Crippen LogP contribution in [0, 0.1) is 10.1 Å². The molecule has 0 saturated carbocycles. The lowest BCUT2D eigenvalue weighted by molar-refractivity contribution is -0.384. The third kappa shape index (κ3) is 5.45. The second kappa shape index (κ2) is 9.20. The Hall–Kier alpha value is -3.10.